The number of piperazine rings is 2. The SMILES string of the molecule is Cc1csc(C(=O)N2CCN(c3cc(N4CCN(C)CC4)nc(C)n3)CC2)c1. The van der Waals surface area contributed by atoms with Gasteiger partial charge in [-0.25, -0.2) is 9.97 Å². The van der Waals surface area contributed by atoms with Crippen molar-refractivity contribution in [2.45, 2.75) is 13.8 Å². The van der Waals surface area contributed by atoms with Crippen LogP contribution in [0.3, 0.4) is 0 Å². The normalized spacial score (nSPS) is 18.6. The number of thiophene rings is 1. The number of aryl methyl sites for hydroxylation is 2. The van der Waals surface area contributed by atoms with Gasteiger partial charge in [0.05, 0.1) is 4.88 Å². The highest BCUT2D eigenvalue weighted by atomic mass is 32.1. The molecule has 0 aromatic carbocycles. The average Bonchev–Trinajstić information content (AvgIpc) is 3.14. The second-order valence-corrected chi connectivity index (χ2v) is 8.60. The molecule has 0 N–H and O–H groups in total. The van der Waals surface area contributed by atoms with E-state index in [1.807, 2.05) is 30.2 Å². The number of likely N-dealkylation sites (N-methyl/N-ethyl adjacent to an activating group) is 1. The molecular formula is C20H28N6OS. The quantitative estimate of drug-likeness (QED) is 0.784. The Kier molecular flexibility index (Phi) is 5.50. The Morgan fingerprint density at radius 3 is 2.00 bits per heavy atom. The molecule has 8 heteroatoms. The van der Waals surface area contributed by atoms with E-state index in [0.29, 0.717) is 0 Å². The molecule has 28 heavy (non-hydrogen) atoms. The molecule has 4 rings (SSSR count). The summed E-state index contributed by atoms with van der Waals surface area (Å²) in [6.45, 7) is 11.1. The van der Waals surface area contributed by atoms with Crippen molar-refractivity contribution in [2.24, 2.45) is 0 Å². The highest BCUT2D eigenvalue weighted by Gasteiger charge is 2.25. The van der Waals surface area contributed by atoms with E-state index in [9.17, 15) is 4.79 Å². The van der Waals surface area contributed by atoms with Gasteiger partial charge in [0, 0.05) is 58.4 Å². The fourth-order valence-corrected chi connectivity index (χ4v) is 4.60. The van der Waals surface area contributed by atoms with Crippen LogP contribution in [0.1, 0.15) is 21.1 Å². The van der Waals surface area contributed by atoms with Crippen molar-refractivity contribution >= 4 is 28.9 Å². The van der Waals surface area contributed by atoms with E-state index in [1.165, 1.54) is 11.3 Å². The molecule has 2 aliphatic rings. The standard InChI is InChI=1S/C20H28N6OS/c1-15-12-17(28-14-15)20(27)26-10-8-25(9-11-26)19-13-18(21-16(2)22-19)24-6-4-23(3)5-7-24/h12-14H,4-11H2,1-3H3. The summed E-state index contributed by atoms with van der Waals surface area (Å²) < 4.78 is 0. The monoisotopic (exact) mass is 400 g/mol. The smallest absolute Gasteiger partial charge is 0.264 e. The predicted octanol–water partition coefficient (Wildman–Crippen LogP) is 1.87. The lowest BCUT2D eigenvalue weighted by Crippen LogP contribution is -2.49. The van der Waals surface area contributed by atoms with Crippen molar-refractivity contribution in [3.05, 3.63) is 33.8 Å². The Hall–Kier alpha value is -2.19. The maximum Gasteiger partial charge on any atom is 0.264 e. The maximum absolute atomic E-state index is 12.7. The molecule has 0 spiro atoms. The number of carbonyl (C=O) groups excluding carboxylic acids is 1. The van der Waals surface area contributed by atoms with E-state index in [1.54, 1.807) is 0 Å². The molecule has 2 aliphatic heterocycles. The van der Waals surface area contributed by atoms with Crippen LogP contribution in [0.4, 0.5) is 11.6 Å². The van der Waals surface area contributed by atoms with Crippen LogP contribution in [0, 0.1) is 13.8 Å². The Bertz CT molecular complexity index is 837. The summed E-state index contributed by atoms with van der Waals surface area (Å²) >= 11 is 1.53. The minimum Gasteiger partial charge on any atom is -0.354 e. The number of carbonyl (C=O) groups is 1. The minimum absolute atomic E-state index is 0.148. The first-order valence-corrected chi connectivity index (χ1v) is 10.8. The first-order chi connectivity index (χ1) is 13.5. The molecule has 0 unspecified atom stereocenters. The second kappa shape index (κ2) is 8.05. The summed E-state index contributed by atoms with van der Waals surface area (Å²) in [5, 5.41) is 2.03. The fourth-order valence-electron chi connectivity index (χ4n) is 3.73. The van der Waals surface area contributed by atoms with Crippen LogP contribution in [-0.2, 0) is 0 Å². The van der Waals surface area contributed by atoms with Gasteiger partial charge < -0.3 is 19.6 Å². The molecule has 2 aromatic heterocycles. The lowest BCUT2D eigenvalue weighted by atomic mass is 10.2. The van der Waals surface area contributed by atoms with Gasteiger partial charge in [-0.05, 0) is 37.9 Å². The summed E-state index contributed by atoms with van der Waals surface area (Å²) in [4.78, 5) is 31.8. The summed E-state index contributed by atoms with van der Waals surface area (Å²) in [5.74, 6) is 2.94. The van der Waals surface area contributed by atoms with E-state index in [0.717, 1.165) is 80.3 Å². The molecular weight excluding hydrogens is 372 g/mol. The molecule has 2 saturated heterocycles. The summed E-state index contributed by atoms with van der Waals surface area (Å²) in [5.41, 5.74) is 1.15. The molecule has 0 saturated carbocycles. The van der Waals surface area contributed by atoms with Crippen molar-refractivity contribution in [1.29, 1.82) is 0 Å². The van der Waals surface area contributed by atoms with Crippen molar-refractivity contribution < 1.29 is 4.79 Å². The number of rotatable bonds is 3. The number of anilines is 2. The molecule has 2 aromatic rings. The number of hydrogen-bond acceptors (Lipinski definition) is 7. The highest BCUT2D eigenvalue weighted by Crippen LogP contribution is 2.23. The summed E-state index contributed by atoms with van der Waals surface area (Å²) in [7, 11) is 2.16. The van der Waals surface area contributed by atoms with Gasteiger partial charge in [-0.3, -0.25) is 4.79 Å². The fraction of sp³-hybridized carbons (Fsp3) is 0.550. The van der Waals surface area contributed by atoms with Crippen LogP contribution >= 0.6 is 11.3 Å². The van der Waals surface area contributed by atoms with E-state index in [-0.39, 0.29) is 5.91 Å². The lowest BCUT2D eigenvalue weighted by Gasteiger charge is -2.36. The van der Waals surface area contributed by atoms with Gasteiger partial charge in [0.15, 0.2) is 0 Å². The Labute approximate surface area is 170 Å². The van der Waals surface area contributed by atoms with Gasteiger partial charge in [-0.2, -0.15) is 0 Å². The minimum atomic E-state index is 0.148. The van der Waals surface area contributed by atoms with Crippen LogP contribution in [0.25, 0.3) is 0 Å². The maximum atomic E-state index is 12.7. The molecule has 2 fully saturated rings. The third-order valence-electron chi connectivity index (χ3n) is 5.47. The van der Waals surface area contributed by atoms with Gasteiger partial charge in [0.2, 0.25) is 0 Å². The third kappa shape index (κ3) is 4.12. The van der Waals surface area contributed by atoms with Crippen molar-refractivity contribution in [2.75, 3.05) is 69.2 Å². The lowest BCUT2D eigenvalue weighted by molar-refractivity contribution is 0.0751. The van der Waals surface area contributed by atoms with E-state index >= 15 is 0 Å². The number of aromatic nitrogens is 2. The van der Waals surface area contributed by atoms with Crippen LogP contribution < -0.4 is 9.80 Å². The van der Waals surface area contributed by atoms with Crippen molar-refractivity contribution in [1.82, 2.24) is 19.8 Å². The summed E-state index contributed by atoms with van der Waals surface area (Å²) in [6, 6.07) is 4.09. The zero-order valence-corrected chi connectivity index (χ0v) is 17.7. The Morgan fingerprint density at radius 2 is 1.46 bits per heavy atom. The largest absolute Gasteiger partial charge is 0.354 e. The highest BCUT2D eigenvalue weighted by molar-refractivity contribution is 7.12. The van der Waals surface area contributed by atoms with Crippen molar-refractivity contribution in [3.8, 4) is 0 Å². The van der Waals surface area contributed by atoms with Gasteiger partial charge in [0.25, 0.3) is 5.91 Å². The summed E-state index contributed by atoms with van der Waals surface area (Å²) in [6.07, 6.45) is 0. The molecule has 0 atom stereocenters. The van der Waals surface area contributed by atoms with Gasteiger partial charge >= 0.3 is 0 Å². The topological polar surface area (TPSA) is 55.8 Å². The van der Waals surface area contributed by atoms with Gasteiger partial charge in [0.1, 0.15) is 17.5 Å². The number of nitrogens with zero attached hydrogens (tertiary/aromatic N) is 6. The molecule has 0 bridgehead atoms. The zero-order valence-electron chi connectivity index (χ0n) is 16.9. The van der Waals surface area contributed by atoms with Crippen LogP contribution in [-0.4, -0.2) is 85.1 Å². The molecule has 7 nitrogen and oxygen atoms in total. The van der Waals surface area contributed by atoms with Gasteiger partial charge in [-0.1, -0.05) is 0 Å². The molecule has 4 heterocycles. The molecule has 1 amide bonds. The number of amides is 1. The van der Waals surface area contributed by atoms with Crippen LogP contribution in [0.5, 0.6) is 0 Å². The Morgan fingerprint density at radius 1 is 0.893 bits per heavy atom. The van der Waals surface area contributed by atoms with E-state index < -0.39 is 0 Å². The van der Waals surface area contributed by atoms with E-state index in [2.05, 4.69) is 37.8 Å². The van der Waals surface area contributed by atoms with Crippen LogP contribution in [0.15, 0.2) is 17.5 Å². The first kappa shape index (κ1) is 19.1. The van der Waals surface area contributed by atoms with E-state index in [4.69, 9.17) is 0 Å². The second-order valence-electron chi connectivity index (χ2n) is 7.69. The predicted molar refractivity (Wildman–Crippen MR) is 114 cm³/mol. The first-order valence-electron chi connectivity index (χ1n) is 9.88. The van der Waals surface area contributed by atoms with Crippen LogP contribution in [0.2, 0.25) is 0 Å². The molecule has 0 aliphatic carbocycles. The average molecular weight is 401 g/mol. The van der Waals surface area contributed by atoms with Crippen molar-refractivity contribution in [3.63, 3.8) is 0 Å². The molecule has 150 valence electrons. The third-order valence-corrected chi connectivity index (χ3v) is 6.51. The zero-order chi connectivity index (χ0) is 19.7. The Balaban J connectivity index is 1.42. The van der Waals surface area contributed by atoms with Gasteiger partial charge in [-0.15, -0.1) is 11.3 Å². The number of hydrogen-bond donors (Lipinski definition) is 0. The molecule has 0 radical (unpaired) electrons.